The Morgan fingerprint density at radius 1 is 1.24 bits per heavy atom. The number of nitrogens with two attached hydrogens (primary N) is 1. The predicted octanol–water partition coefficient (Wildman–Crippen LogP) is 2.62. The maximum atomic E-state index is 11.9. The van der Waals surface area contributed by atoms with E-state index in [2.05, 4.69) is 4.74 Å². The summed E-state index contributed by atoms with van der Waals surface area (Å²) in [6.45, 7) is 0.969. The van der Waals surface area contributed by atoms with Crippen molar-refractivity contribution < 1.29 is 17.9 Å². The summed E-state index contributed by atoms with van der Waals surface area (Å²) in [6, 6.07) is 7.54. The van der Waals surface area contributed by atoms with E-state index < -0.39 is 12.8 Å². The van der Waals surface area contributed by atoms with Gasteiger partial charge < -0.3 is 10.5 Å². The van der Waals surface area contributed by atoms with Gasteiger partial charge in [0.2, 0.25) is 0 Å². The van der Waals surface area contributed by atoms with Crippen molar-refractivity contribution in [3.8, 4) is 0 Å². The van der Waals surface area contributed by atoms with Crippen molar-refractivity contribution in [2.24, 2.45) is 5.73 Å². The summed E-state index contributed by atoms with van der Waals surface area (Å²) in [5.41, 5.74) is 7.53. The summed E-state index contributed by atoms with van der Waals surface area (Å²) in [4.78, 5) is 0. The van der Waals surface area contributed by atoms with Gasteiger partial charge in [-0.25, -0.2) is 0 Å². The molecule has 0 radical (unpaired) electrons. The highest BCUT2D eigenvalue weighted by Gasteiger charge is 2.27. The van der Waals surface area contributed by atoms with Crippen LogP contribution in [-0.2, 0) is 4.74 Å². The van der Waals surface area contributed by atoms with E-state index in [4.69, 9.17) is 5.73 Å². The summed E-state index contributed by atoms with van der Waals surface area (Å²) in [5.74, 6) is -0.196. The molecule has 0 aromatic heterocycles. The molecule has 0 heterocycles. The maximum Gasteiger partial charge on any atom is 0.411 e. The summed E-state index contributed by atoms with van der Waals surface area (Å²) in [6.07, 6.45) is -4.29. The molecule has 1 rings (SSSR count). The molecule has 1 aromatic rings. The monoisotopic (exact) mass is 247 g/mol. The fourth-order valence-electron chi connectivity index (χ4n) is 1.46. The van der Waals surface area contributed by atoms with Gasteiger partial charge in [0.1, 0.15) is 6.61 Å². The van der Waals surface area contributed by atoms with Crippen molar-refractivity contribution >= 4 is 0 Å². The van der Waals surface area contributed by atoms with Crippen molar-refractivity contribution in [3.05, 3.63) is 35.4 Å². The number of hydrogen-bond acceptors (Lipinski definition) is 2. The molecule has 0 aliphatic heterocycles. The Morgan fingerprint density at radius 3 is 2.29 bits per heavy atom. The molecule has 0 spiro atoms. The molecule has 0 fully saturated rings. The van der Waals surface area contributed by atoms with Crippen LogP contribution in [0.25, 0.3) is 0 Å². The summed E-state index contributed by atoms with van der Waals surface area (Å²) in [7, 11) is 0. The fraction of sp³-hybridized carbons (Fsp3) is 0.500. The third kappa shape index (κ3) is 5.19. The molecule has 96 valence electrons. The minimum atomic E-state index is -4.29. The van der Waals surface area contributed by atoms with Gasteiger partial charge in [0.15, 0.2) is 0 Å². The molecule has 17 heavy (non-hydrogen) atoms. The van der Waals surface area contributed by atoms with E-state index in [1.165, 1.54) is 0 Å². The van der Waals surface area contributed by atoms with Gasteiger partial charge in [0.25, 0.3) is 0 Å². The summed E-state index contributed by atoms with van der Waals surface area (Å²) >= 11 is 0. The number of ether oxygens (including phenoxy) is 1. The number of hydrogen-bond donors (Lipinski definition) is 1. The lowest BCUT2D eigenvalue weighted by atomic mass is 9.99. The number of alkyl halides is 3. The molecule has 0 bridgehead atoms. The molecule has 1 unspecified atom stereocenters. The second kappa shape index (κ2) is 6.02. The van der Waals surface area contributed by atoms with E-state index in [1.807, 2.05) is 31.2 Å². The Labute approximate surface area is 98.6 Å². The quantitative estimate of drug-likeness (QED) is 0.868. The Morgan fingerprint density at radius 2 is 1.82 bits per heavy atom. The maximum absolute atomic E-state index is 11.9. The zero-order valence-corrected chi connectivity index (χ0v) is 9.63. The fourth-order valence-corrected chi connectivity index (χ4v) is 1.46. The molecule has 2 nitrogen and oxygen atoms in total. The molecule has 0 amide bonds. The largest absolute Gasteiger partial charge is 0.411 e. The molecule has 0 saturated carbocycles. The SMILES string of the molecule is Cc1ccc(C(CN)COCC(F)(F)F)cc1. The lowest BCUT2D eigenvalue weighted by molar-refractivity contribution is -0.174. The van der Waals surface area contributed by atoms with Gasteiger partial charge >= 0.3 is 6.18 Å². The van der Waals surface area contributed by atoms with Crippen molar-refractivity contribution in [3.63, 3.8) is 0 Å². The van der Waals surface area contributed by atoms with Crippen molar-refractivity contribution in [1.29, 1.82) is 0 Å². The zero-order valence-electron chi connectivity index (χ0n) is 9.63. The second-order valence-electron chi connectivity index (χ2n) is 3.97. The van der Waals surface area contributed by atoms with Crippen LogP contribution in [0.4, 0.5) is 13.2 Å². The van der Waals surface area contributed by atoms with Gasteiger partial charge in [0, 0.05) is 12.5 Å². The number of aryl methyl sites for hydroxylation is 1. The first kappa shape index (κ1) is 14.0. The van der Waals surface area contributed by atoms with Crippen LogP contribution in [0.2, 0.25) is 0 Å². The molecule has 0 saturated heterocycles. The van der Waals surface area contributed by atoms with E-state index in [1.54, 1.807) is 0 Å². The molecule has 1 atom stereocenters. The van der Waals surface area contributed by atoms with E-state index in [-0.39, 0.29) is 19.1 Å². The van der Waals surface area contributed by atoms with E-state index in [0.29, 0.717) is 0 Å². The molecule has 1 aromatic carbocycles. The highest BCUT2D eigenvalue weighted by molar-refractivity contribution is 5.24. The molecule has 2 N–H and O–H groups in total. The predicted molar refractivity (Wildman–Crippen MR) is 59.8 cm³/mol. The third-order valence-corrected chi connectivity index (χ3v) is 2.42. The Bertz CT molecular complexity index is 335. The normalized spacial score (nSPS) is 13.7. The minimum Gasteiger partial charge on any atom is -0.371 e. The van der Waals surface area contributed by atoms with Gasteiger partial charge in [-0.3, -0.25) is 0 Å². The number of benzene rings is 1. The van der Waals surface area contributed by atoms with Gasteiger partial charge in [0.05, 0.1) is 6.61 Å². The van der Waals surface area contributed by atoms with Crippen molar-refractivity contribution in [2.45, 2.75) is 19.0 Å². The average Bonchev–Trinajstić information content (AvgIpc) is 2.24. The lowest BCUT2D eigenvalue weighted by Gasteiger charge is -2.16. The molecule has 0 aliphatic carbocycles. The van der Waals surface area contributed by atoms with Gasteiger partial charge in [-0.15, -0.1) is 0 Å². The van der Waals surface area contributed by atoms with Crippen LogP contribution < -0.4 is 5.73 Å². The summed E-state index contributed by atoms with van der Waals surface area (Å²) in [5, 5.41) is 0. The first-order valence-electron chi connectivity index (χ1n) is 5.33. The minimum absolute atomic E-state index is 0.0148. The second-order valence-corrected chi connectivity index (χ2v) is 3.97. The van der Waals surface area contributed by atoms with Crippen LogP contribution in [0.5, 0.6) is 0 Å². The summed E-state index contributed by atoms with van der Waals surface area (Å²) < 4.78 is 40.4. The third-order valence-electron chi connectivity index (χ3n) is 2.42. The van der Waals surface area contributed by atoms with Crippen LogP contribution in [-0.4, -0.2) is 25.9 Å². The van der Waals surface area contributed by atoms with Gasteiger partial charge in [-0.1, -0.05) is 29.8 Å². The first-order valence-corrected chi connectivity index (χ1v) is 5.33. The van der Waals surface area contributed by atoms with Crippen LogP contribution in [0.15, 0.2) is 24.3 Å². The Hall–Kier alpha value is -1.07. The number of halogens is 3. The lowest BCUT2D eigenvalue weighted by Crippen LogP contribution is -2.23. The van der Waals surface area contributed by atoms with Crippen molar-refractivity contribution in [1.82, 2.24) is 0 Å². The van der Waals surface area contributed by atoms with Crippen LogP contribution in [0.3, 0.4) is 0 Å². The molecular weight excluding hydrogens is 231 g/mol. The molecular formula is C12H16F3NO. The van der Waals surface area contributed by atoms with Gasteiger partial charge in [-0.05, 0) is 12.5 Å². The Kier molecular flexibility index (Phi) is 4.96. The van der Waals surface area contributed by atoms with Gasteiger partial charge in [-0.2, -0.15) is 13.2 Å². The smallest absolute Gasteiger partial charge is 0.371 e. The highest BCUT2D eigenvalue weighted by atomic mass is 19.4. The van der Waals surface area contributed by atoms with E-state index in [9.17, 15) is 13.2 Å². The zero-order chi connectivity index (χ0) is 12.9. The van der Waals surface area contributed by atoms with E-state index in [0.717, 1.165) is 11.1 Å². The first-order chi connectivity index (χ1) is 7.92. The highest BCUT2D eigenvalue weighted by Crippen LogP contribution is 2.19. The van der Waals surface area contributed by atoms with Crippen LogP contribution in [0.1, 0.15) is 17.0 Å². The van der Waals surface area contributed by atoms with Crippen LogP contribution >= 0.6 is 0 Å². The van der Waals surface area contributed by atoms with E-state index >= 15 is 0 Å². The number of rotatable bonds is 5. The molecule has 5 heteroatoms. The average molecular weight is 247 g/mol. The standard InChI is InChI=1S/C12H16F3NO/c1-9-2-4-10(5-3-9)11(6-16)7-17-8-12(13,14)15/h2-5,11H,6-8,16H2,1H3. The molecule has 0 aliphatic rings. The topological polar surface area (TPSA) is 35.2 Å². The van der Waals surface area contributed by atoms with Crippen molar-refractivity contribution in [2.75, 3.05) is 19.8 Å². The Balaban J connectivity index is 2.51. The van der Waals surface area contributed by atoms with Crippen LogP contribution in [0, 0.1) is 6.92 Å².